The summed E-state index contributed by atoms with van der Waals surface area (Å²) in [5, 5.41) is 3.02. The molecule has 0 heterocycles. The number of rotatable bonds is 6. The van der Waals surface area contributed by atoms with E-state index in [-0.39, 0.29) is 22.6 Å². The molecule has 0 aromatic heterocycles. The Hall–Kier alpha value is -0.130. The van der Waals surface area contributed by atoms with Gasteiger partial charge < -0.3 is 5.32 Å². The van der Waals surface area contributed by atoms with Gasteiger partial charge >= 0.3 is 0 Å². The first-order valence-corrected chi connectivity index (χ1v) is 7.51. The molecule has 1 rings (SSSR count). The molecule has 0 unspecified atom stereocenters. The largest absolute Gasteiger partial charge is 0.316 e. The van der Waals surface area contributed by atoms with Crippen molar-refractivity contribution in [2.24, 2.45) is 10.8 Å². The van der Waals surface area contributed by atoms with Crippen molar-refractivity contribution in [3.63, 3.8) is 0 Å². The number of nitrogens with one attached hydrogen (secondary N) is 2. The predicted octanol–water partition coefficient (Wildman–Crippen LogP) is 0.950. The summed E-state index contributed by atoms with van der Waals surface area (Å²) < 4.78 is 26.4. The number of sulfonamides is 1. The van der Waals surface area contributed by atoms with E-state index in [0.717, 1.165) is 6.54 Å². The third-order valence-corrected chi connectivity index (χ3v) is 5.45. The minimum Gasteiger partial charge on any atom is -0.316 e. The molecule has 16 heavy (non-hydrogen) atoms. The van der Waals surface area contributed by atoms with Crippen LogP contribution in [0.3, 0.4) is 0 Å². The third-order valence-electron chi connectivity index (χ3n) is 4.12. The van der Waals surface area contributed by atoms with Crippen molar-refractivity contribution >= 4 is 10.0 Å². The van der Waals surface area contributed by atoms with Crippen molar-refractivity contribution in [2.75, 3.05) is 18.8 Å². The fraction of sp³-hybridized carbons (Fsp3) is 1.00. The first-order valence-electron chi connectivity index (χ1n) is 5.86. The minimum absolute atomic E-state index is 0.0538. The highest BCUT2D eigenvalue weighted by atomic mass is 32.2. The Kier molecular flexibility index (Phi) is 3.72. The molecular formula is C11H24N2O2S. The molecule has 1 saturated carbocycles. The highest BCUT2D eigenvalue weighted by Crippen LogP contribution is 2.62. The highest BCUT2D eigenvalue weighted by molar-refractivity contribution is 7.89. The molecule has 2 N–H and O–H groups in total. The van der Waals surface area contributed by atoms with Gasteiger partial charge in [0.05, 0.1) is 5.75 Å². The standard InChI is InChI=1S/C11H24N2O2S/c1-6-12-7-8-16(14,15)13-9-10(2,3)11(9,4)5/h9,12-13H,6-8H2,1-5H3. The molecule has 0 spiro atoms. The first-order chi connectivity index (χ1) is 7.15. The summed E-state index contributed by atoms with van der Waals surface area (Å²) in [6.07, 6.45) is 0. The lowest BCUT2D eigenvalue weighted by molar-refractivity contribution is 0.457. The molecule has 1 aliphatic carbocycles. The summed E-state index contributed by atoms with van der Waals surface area (Å²) in [4.78, 5) is 0. The van der Waals surface area contributed by atoms with Crippen LogP contribution >= 0.6 is 0 Å². The van der Waals surface area contributed by atoms with Crippen molar-refractivity contribution in [2.45, 2.75) is 40.7 Å². The van der Waals surface area contributed by atoms with Gasteiger partial charge in [-0.3, -0.25) is 0 Å². The van der Waals surface area contributed by atoms with Crippen LogP contribution in [0.15, 0.2) is 0 Å². The molecule has 0 bridgehead atoms. The molecule has 0 saturated heterocycles. The maximum absolute atomic E-state index is 11.8. The van der Waals surface area contributed by atoms with E-state index in [1.165, 1.54) is 0 Å². The molecule has 4 nitrogen and oxygen atoms in total. The van der Waals surface area contributed by atoms with Crippen LogP contribution in [0.2, 0.25) is 0 Å². The van der Waals surface area contributed by atoms with Gasteiger partial charge in [-0.25, -0.2) is 13.1 Å². The fourth-order valence-electron chi connectivity index (χ4n) is 2.11. The molecule has 1 aliphatic rings. The van der Waals surface area contributed by atoms with Gasteiger partial charge in [-0.05, 0) is 17.4 Å². The van der Waals surface area contributed by atoms with Crippen LogP contribution in [-0.2, 0) is 10.0 Å². The fourth-order valence-corrected chi connectivity index (χ4v) is 3.59. The van der Waals surface area contributed by atoms with Crippen LogP contribution in [0.1, 0.15) is 34.6 Å². The summed E-state index contributed by atoms with van der Waals surface area (Å²) in [5.41, 5.74) is 0.108. The van der Waals surface area contributed by atoms with Crippen LogP contribution in [-0.4, -0.2) is 33.3 Å². The van der Waals surface area contributed by atoms with Crippen molar-refractivity contribution < 1.29 is 8.42 Å². The van der Waals surface area contributed by atoms with Gasteiger partial charge in [-0.2, -0.15) is 0 Å². The summed E-state index contributed by atoms with van der Waals surface area (Å²) in [6.45, 7) is 11.7. The van der Waals surface area contributed by atoms with E-state index in [1.807, 2.05) is 6.92 Å². The lowest BCUT2D eigenvalue weighted by Gasteiger charge is -2.08. The van der Waals surface area contributed by atoms with Crippen molar-refractivity contribution in [3.8, 4) is 0 Å². The lowest BCUT2D eigenvalue weighted by Crippen LogP contribution is -2.35. The SMILES string of the molecule is CCNCCS(=O)(=O)NC1C(C)(C)C1(C)C. The zero-order valence-corrected chi connectivity index (χ0v) is 11.7. The second-order valence-corrected chi connectivity index (χ2v) is 7.54. The summed E-state index contributed by atoms with van der Waals surface area (Å²) in [6, 6.07) is 0.0617. The van der Waals surface area contributed by atoms with E-state index in [2.05, 4.69) is 37.7 Å². The minimum atomic E-state index is -3.15. The summed E-state index contributed by atoms with van der Waals surface area (Å²) in [5.74, 6) is 0.156. The topological polar surface area (TPSA) is 58.2 Å². The Morgan fingerprint density at radius 1 is 1.12 bits per heavy atom. The van der Waals surface area contributed by atoms with Gasteiger partial charge in [0.2, 0.25) is 10.0 Å². The molecule has 1 fully saturated rings. The molecule has 0 aliphatic heterocycles. The molecular weight excluding hydrogens is 224 g/mol. The molecule has 0 amide bonds. The average Bonchev–Trinajstić information content (AvgIpc) is 2.48. The Morgan fingerprint density at radius 3 is 2.00 bits per heavy atom. The Morgan fingerprint density at radius 2 is 1.62 bits per heavy atom. The smallest absolute Gasteiger partial charge is 0.213 e. The van der Waals surface area contributed by atoms with Crippen LogP contribution in [0.5, 0.6) is 0 Å². The van der Waals surface area contributed by atoms with E-state index < -0.39 is 10.0 Å². The van der Waals surface area contributed by atoms with Gasteiger partial charge in [0.1, 0.15) is 0 Å². The normalized spacial score (nSPS) is 23.3. The van der Waals surface area contributed by atoms with Gasteiger partial charge in [0, 0.05) is 12.6 Å². The van der Waals surface area contributed by atoms with Crippen LogP contribution in [0.25, 0.3) is 0 Å². The number of hydrogen-bond acceptors (Lipinski definition) is 3. The Balaban J connectivity index is 2.50. The molecule has 96 valence electrons. The molecule has 0 aromatic carbocycles. The maximum atomic E-state index is 11.8. The quantitative estimate of drug-likeness (QED) is 0.688. The molecule has 0 aromatic rings. The predicted molar refractivity (Wildman–Crippen MR) is 66.8 cm³/mol. The Labute approximate surface area is 99.2 Å². The van der Waals surface area contributed by atoms with E-state index >= 15 is 0 Å². The second-order valence-electron chi connectivity index (χ2n) is 5.67. The van der Waals surface area contributed by atoms with Gasteiger partial charge in [0.15, 0.2) is 0 Å². The Bertz CT molecular complexity index is 333. The van der Waals surface area contributed by atoms with E-state index in [0.29, 0.717) is 6.54 Å². The van der Waals surface area contributed by atoms with Gasteiger partial charge in [-0.1, -0.05) is 34.6 Å². The first kappa shape index (κ1) is 13.9. The lowest BCUT2D eigenvalue weighted by atomic mass is 10.0. The molecule has 0 radical (unpaired) electrons. The second kappa shape index (κ2) is 4.27. The number of hydrogen-bond donors (Lipinski definition) is 2. The highest BCUT2D eigenvalue weighted by Gasteiger charge is 2.65. The zero-order valence-electron chi connectivity index (χ0n) is 10.9. The van der Waals surface area contributed by atoms with Crippen molar-refractivity contribution in [1.29, 1.82) is 0 Å². The maximum Gasteiger partial charge on any atom is 0.213 e. The summed E-state index contributed by atoms with van der Waals surface area (Å²) in [7, 11) is -3.15. The average molecular weight is 248 g/mol. The third kappa shape index (κ3) is 2.57. The van der Waals surface area contributed by atoms with Gasteiger partial charge in [0.25, 0.3) is 0 Å². The van der Waals surface area contributed by atoms with Crippen LogP contribution in [0, 0.1) is 10.8 Å². The monoisotopic (exact) mass is 248 g/mol. The van der Waals surface area contributed by atoms with Crippen LogP contribution in [0.4, 0.5) is 0 Å². The summed E-state index contributed by atoms with van der Waals surface area (Å²) >= 11 is 0. The van der Waals surface area contributed by atoms with E-state index in [9.17, 15) is 8.42 Å². The molecule has 5 heteroatoms. The van der Waals surface area contributed by atoms with Crippen molar-refractivity contribution in [1.82, 2.24) is 10.0 Å². The van der Waals surface area contributed by atoms with Crippen LogP contribution < -0.4 is 10.0 Å². The van der Waals surface area contributed by atoms with Gasteiger partial charge in [-0.15, -0.1) is 0 Å². The van der Waals surface area contributed by atoms with Crippen molar-refractivity contribution in [3.05, 3.63) is 0 Å². The molecule has 0 atom stereocenters. The zero-order chi connectivity index (χ0) is 12.6. The van der Waals surface area contributed by atoms with E-state index in [4.69, 9.17) is 0 Å². The van der Waals surface area contributed by atoms with E-state index in [1.54, 1.807) is 0 Å².